The summed E-state index contributed by atoms with van der Waals surface area (Å²) in [5, 5.41) is 0. The van der Waals surface area contributed by atoms with Crippen LogP contribution in [0.3, 0.4) is 0 Å². The summed E-state index contributed by atoms with van der Waals surface area (Å²) in [5.41, 5.74) is 6.76. The van der Waals surface area contributed by atoms with Gasteiger partial charge in [0.1, 0.15) is 4.90 Å². The standard InChI is InChI=1S/C14H13BrN2O3S/c1-9(18)10-2-5-12(6-3-10)17-21(19,20)14-7-4-11(15)8-13(14)16/h2-8,17H,16H2,1H3. The highest BCUT2D eigenvalue weighted by molar-refractivity contribution is 9.10. The molecule has 0 bridgehead atoms. The van der Waals surface area contributed by atoms with Gasteiger partial charge in [0.05, 0.1) is 5.69 Å². The Morgan fingerprint density at radius 2 is 1.76 bits per heavy atom. The molecule has 5 nitrogen and oxygen atoms in total. The Kier molecular flexibility index (Phi) is 4.34. The highest BCUT2D eigenvalue weighted by Gasteiger charge is 2.17. The zero-order chi connectivity index (χ0) is 15.6. The van der Waals surface area contributed by atoms with E-state index in [2.05, 4.69) is 20.7 Å². The highest BCUT2D eigenvalue weighted by atomic mass is 79.9. The van der Waals surface area contributed by atoms with Gasteiger partial charge in [-0.1, -0.05) is 15.9 Å². The lowest BCUT2D eigenvalue weighted by atomic mass is 10.1. The summed E-state index contributed by atoms with van der Waals surface area (Å²) in [4.78, 5) is 11.2. The molecule has 0 aromatic heterocycles. The quantitative estimate of drug-likeness (QED) is 0.640. The largest absolute Gasteiger partial charge is 0.398 e. The minimum absolute atomic E-state index is 0.00124. The molecule has 0 atom stereocenters. The van der Waals surface area contributed by atoms with Gasteiger partial charge >= 0.3 is 0 Å². The number of nitrogen functional groups attached to an aromatic ring is 1. The lowest BCUT2D eigenvalue weighted by Crippen LogP contribution is -2.14. The first-order valence-electron chi connectivity index (χ1n) is 5.98. The molecular formula is C14H13BrN2O3S. The molecule has 0 aliphatic heterocycles. The molecule has 2 aromatic rings. The second-order valence-electron chi connectivity index (χ2n) is 4.42. The number of hydrogen-bond donors (Lipinski definition) is 2. The molecule has 0 radical (unpaired) electrons. The molecule has 2 rings (SSSR count). The van der Waals surface area contributed by atoms with E-state index in [4.69, 9.17) is 5.73 Å². The van der Waals surface area contributed by atoms with Crippen molar-refractivity contribution < 1.29 is 13.2 Å². The fourth-order valence-corrected chi connectivity index (χ4v) is 3.30. The van der Waals surface area contributed by atoms with Gasteiger partial charge in [-0.3, -0.25) is 9.52 Å². The third kappa shape index (κ3) is 3.62. The smallest absolute Gasteiger partial charge is 0.263 e. The molecule has 0 heterocycles. The molecule has 7 heteroatoms. The predicted octanol–water partition coefficient (Wildman–Crippen LogP) is 3.03. The van der Waals surface area contributed by atoms with Crippen LogP contribution < -0.4 is 10.5 Å². The van der Waals surface area contributed by atoms with Crippen LogP contribution in [-0.2, 0) is 10.0 Å². The molecule has 0 spiro atoms. The molecule has 0 saturated carbocycles. The lowest BCUT2D eigenvalue weighted by molar-refractivity contribution is 0.101. The Morgan fingerprint density at radius 3 is 2.29 bits per heavy atom. The molecule has 0 fully saturated rings. The highest BCUT2D eigenvalue weighted by Crippen LogP contribution is 2.25. The number of anilines is 2. The number of hydrogen-bond acceptors (Lipinski definition) is 4. The van der Waals surface area contributed by atoms with Gasteiger partial charge < -0.3 is 5.73 Å². The number of nitrogens with two attached hydrogens (primary N) is 1. The van der Waals surface area contributed by atoms with Crippen LogP contribution in [0.4, 0.5) is 11.4 Å². The third-order valence-corrected chi connectivity index (χ3v) is 4.75. The van der Waals surface area contributed by atoms with Crippen molar-refractivity contribution in [2.24, 2.45) is 0 Å². The van der Waals surface area contributed by atoms with Crippen LogP contribution in [-0.4, -0.2) is 14.2 Å². The number of sulfonamides is 1. The first-order valence-corrected chi connectivity index (χ1v) is 8.26. The zero-order valence-corrected chi connectivity index (χ0v) is 13.5. The van der Waals surface area contributed by atoms with E-state index in [1.807, 2.05) is 0 Å². The molecule has 3 N–H and O–H groups in total. The average Bonchev–Trinajstić information content (AvgIpc) is 2.38. The molecule has 0 aliphatic rings. The van der Waals surface area contributed by atoms with E-state index >= 15 is 0 Å². The number of benzene rings is 2. The van der Waals surface area contributed by atoms with Crippen LogP contribution in [0.2, 0.25) is 0 Å². The first-order chi connectivity index (χ1) is 9.79. The molecule has 0 saturated heterocycles. The summed E-state index contributed by atoms with van der Waals surface area (Å²) < 4.78 is 27.7. The summed E-state index contributed by atoms with van der Waals surface area (Å²) >= 11 is 3.22. The Hall–Kier alpha value is -1.86. The Bertz CT molecular complexity index is 786. The van der Waals surface area contributed by atoms with Gasteiger partial charge in [-0.15, -0.1) is 0 Å². The van der Waals surface area contributed by atoms with Gasteiger partial charge in [0, 0.05) is 15.7 Å². The Balaban J connectivity index is 2.30. The van der Waals surface area contributed by atoms with Crippen molar-refractivity contribution in [1.82, 2.24) is 0 Å². The Morgan fingerprint density at radius 1 is 1.14 bits per heavy atom. The van der Waals surface area contributed by atoms with Gasteiger partial charge in [0.25, 0.3) is 10.0 Å². The molecule has 0 amide bonds. The second kappa shape index (κ2) is 5.87. The van der Waals surface area contributed by atoms with Crippen molar-refractivity contribution in [1.29, 1.82) is 0 Å². The molecule has 2 aromatic carbocycles. The summed E-state index contributed by atoms with van der Waals surface area (Å²) in [5.74, 6) is -0.0819. The Labute approximate surface area is 131 Å². The van der Waals surface area contributed by atoms with Crippen molar-refractivity contribution in [3.63, 3.8) is 0 Å². The fraction of sp³-hybridized carbons (Fsp3) is 0.0714. The van der Waals surface area contributed by atoms with Crippen LogP contribution in [0.5, 0.6) is 0 Å². The minimum Gasteiger partial charge on any atom is -0.398 e. The van der Waals surface area contributed by atoms with Crippen LogP contribution in [0.1, 0.15) is 17.3 Å². The van der Waals surface area contributed by atoms with Crippen LogP contribution in [0, 0.1) is 0 Å². The maximum atomic E-state index is 12.3. The van der Waals surface area contributed by atoms with Crippen molar-refractivity contribution in [3.8, 4) is 0 Å². The van der Waals surface area contributed by atoms with Gasteiger partial charge in [-0.25, -0.2) is 8.42 Å². The maximum absolute atomic E-state index is 12.3. The van der Waals surface area contributed by atoms with Gasteiger partial charge in [-0.2, -0.15) is 0 Å². The number of nitrogens with one attached hydrogen (secondary N) is 1. The van der Waals surface area contributed by atoms with E-state index in [9.17, 15) is 13.2 Å². The van der Waals surface area contributed by atoms with E-state index in [0.717, 1.165) is 0 Å². The van der Waals surface area contributed by atoms with Gasteiger partial charge in [0.2, 0.25) is 0 Å². The van der Waals surface area contributed by atoms with Crippen LogP contribution in [0.25, 0.3) is 0 Å². The van der Waals surface area contributed by atoms with E-state index in [1.165, 1.54) is 31.2 Å². The van der Waals surface area contributed by atoms with Crippen LogP contribution >= 0.6 is 15.9 Å². The fourth-order valence-electron chi connectivity index (χ4n) is 1.75. The number of halogens is 1. The SMILES string of the molecule is CC(=O)c1ccc(NS(=O)(=O)c2ccc(Br)cc2N)cc1. The monoisotopic (exact) mass is 368 g/mol. The summed E-state index contributed by atoms with van der Waals surface area (Å²) in [6.45, 7) is 1.45. The zero-order valence-electron chi connectivity index (χ0n) is 11.1. The summed E-state index contributed by atoms with van der Waals surface area (Å²) in [6.07, 6.45) is 0. The number of rotatable bonds is 4. The van der Waals surface area contributed by atoms with Gasteiger partial charge in [0.15, 0.2) is 5.78 Å². The van der Waals surface area contributed by atoms with E-state index in [-0.39, 0.29) is 16.4 Å². The normalized spacial score (nSPS) is 11.1. The number of Topliss-reactive ketones (excluding diaryl/α,β-unsaturated/α-hetero) is 1. The number of carbonyl (C=O) groups excluding carboxylic acids is 1. The van der Waals surface area contributed by atoms with E-state index < -0.39 is 10.0 Å². The van der Waals surface area contributed by atoms with Crippen molar-refractivity contribution in [2.45, 2.75) is 11.8 Å². The van der Waals surface area contributed by atoms with Crippen molar-refractivity contribution in [3.05, 3.63) is 52.5 Å². The molecule has 110 valence electrons. The van der Waals surface area contributed by atoms with E-state index in [1.54, 1.807) is 18.2 Å². The number of ketones is 1. The molecule has 0 aliphatic carbocycles. The molecular weight excluding hydrogens is 356 g/mol. The summed E-state index contributed by atoms with van der Waals surface area (Å²) in [7, 11) is -3.77. The average molecular weight is 369 g/mol. The van der Waals surface area contributed by atoms with Gasteiger partial charge in [-0.05, 0) is 49.4 Å². The third-order valence-electron chi connectivity index (χ3n) is 2.80. The first kappa shape index (κ1) is 15.5. The predicted molar refractivity (Wildman–Crippen MR) is 85.8 cm³/mol. The molecule has 0 unspecified atom stereocenters. The topological polar surface area (TPSA) is 89.3 Å². The van der Waals surface area contributed by atoms with Crippen molar-refractivity contribution >= 4 is 43.1 Å². The minimum atomic E-state index is -3.77. The van der Waals surface area contributed by atoms with E-state index in [0.29, 0.717) is 15.7 Å². The number of carbonyl (C=O) groups is 1. The van der Waals surface area contributed by atoms with Crippen LogP contribution in [0.15, 0.2) is 51.8 Å². The lowest BCUT2D eigenvalue weighted by Gasteiger charge is -2.10. The summed E-state index contributed by atoms with van der Waals surface area (Å²) in [6, 6.07) is 10.7. The molecule has 21 heavy (non-hydrogen) atoms. The second-order valence-corrected chi connectivity index (χ2v) is 6.99. The van der Waals surface area contributed by atoms with Crippen molar-refractivity contribution in [2.75, 3.05) is 10.5 Å². The maximum Gasteiger partial charge on any atom is 0.263 e.